The number of rotatable bonds is 8. The van der Waals surface area contributed by atoms with Crippen molar-refractivity contribution in [1.29, 1.82) is 0 Å². The second-order valence-corrected chi connectivity index (χ2v) is 6.38. The molecule has 1 fully saturated rings. The van der Waals surface area contributed by atoms with E-state index >= 15 is 0 Å². The van der Waals surface area contributed by atoms with E-state index in [2.05, 4.69) is 37.5 Å². The Kier molecular flexibility index (Phi) is 7.91. The van der Waals surface area contributed by atoms with Crippen LogP contribution in [-0.2, 0) is 4.74 Å². The van der Waals surface area contributed by atoms with Crippen LogP contribution in [0.15, 0.2) is 0 Å². The molecule has 1 saturated heterocycles. The zero-order valence-electron chi connectivity index (χ0n) is 13.3. The summed E-state index contributed by atoms with van der Waals surface area (Å²) >= 11 is 0. The molecule has 0 aromatic carbocycles. The molecule has 0 bridgehead atoms. The van der Waals surface area contributed by atoms with Crippen LogP contribution >= 0.6 is 0 Å². The number of nitrogens with zero attached hydrogens (tertiary/aromatic N) is 2. The first-order chi connectivity index (χ1) is 9.02. The first kappa shape index (κ1) is 16.9. The van der Waals surface area contributed by atoms with Crippen molar-refractivity contribution in [2.24, 2.45) is 11.7 Å². The van der Waals surface area contributed by atoms with Crippen molar-refractivity contribution in [2.45, 2.75) is 46.3 Å². The molecular formula is C15H33N3O. The SMILES string of the molecule is CC(C)CN(CCCN)CC1CN(C(C)C)CCO1. The lowest BCUT2D eigenvalue weighted by Gasteiger charge is -2.38. The number of morpholine rings is 1. The van der Waals surface area contributed by atoms with Crippen LogP contribution in [0.3, 0.4) is 0 Å². The predicted octanol–water partition coefficient (Wildman–Crippen LogP) is 1.40. The predicted molar refractivity (Wildman–Crippen MR) is 81.4 cm³/mol. The molecule has 1 unspecified atom stereocenters. The molecule has 0 aliphatic carbocycles. The molecule has 19 heavy (non-hydrogen) atoms. The lowest BCUT2D eigenvalue weighted by atomic mass is 10.1. The number of hydrogen-bond donors (Lipinski definition) is 1. The fourth-order valence-corrected chi connectivity index (χ4v) is 2.70. The summed E-state index contributed by atoms with van der Waals surface area (Å²) in [6.07, 6.45) is 1.43. The van der Waals surface area contributed by atoms with Gasteiger partial charge in [-0.2, -0.15) is 0 Å². The van der Waals surface area contributed by atoms with Gasteiger partial charge < -0.3 is 15.4 Å². The highest BCUT2D eigenvalue weighted by Crippen LogP contribution is 2.11. The zero-order valence-corrected chi connectivity index (χ0v) is 13.3. The van der Waals surface area contributed by atoms with E-state index in [1.165, 1.54) is 0 Å². The topological polar surface area (TPSA) is 41.7 Å². The highest BCUT2D eigenvalue weighted by atomic mass is 16.5. The molecule has 1 atom stereocenters. The Morgan fingerprint density at radius 1 is 1.32 bits per heavy atom. The van der Waals surface area contributed by atoms with Gasteiger partial charge in [0.1, 0.15) is 0 Å². The van der Waals surface area contributed by atoms with Crippen molar-refractivity contribution in [1.82, 2.24) is 9.80 Å². The van der Waals surface area contributed by atoms with Crippen LogP contribution in [0.2, 0.25) is 0 Å². The maximum atomic E-state index is 5.94. The van der Waals surface area contributed by atoms with Gasteiger partial charge >= 0.3 is 0 Å². The molecule has 2 N–H and O–H groups in total. The Balaban J connectivity index is 2.42. The van der Waals surface area contributed by atoms with Crippen LogP contribution in [0.25, 0.3) is 0 Å². The highest BCUT2D eigenvalue weighted by molar-refractivity contribution is 4.77. The van der Waals surface area contributed by atoms with Crippen LogP contribution in [0.1, 0.15) is 34.1 Å². The summed E-state index contributed by atoms with van der Waals surface area (Å²) in [7, 11) is 0. The first-order valence-electron chi connectivity index (χ1n) is 7.81. The van der Waals surface area contributed by atoms with Gasteiger partial charge in [-0.05, 0) is 39.3 Å². The quantitative estimate of drug-likeness (QED) is 0.725. The molecule has 1 heterocycles. The van der Waals surface area contributed by atoms with Crippen molar-refractivity contribution in [2.75, 3.05) is 45.9 Å². The van der Waals surface area contributed by atoms with Crippen molar-refractivity contribution in [3.8, 4) is 0 Å². The summed E-state index contributed by atoms with van der Waals surface area (Å²) in [6.45, 7) is 16.1. The Morgan fingerprint density at radius 3 is 2.63 bits per heavy atom. The van der Waals surface area contributed by atoms with E-state index in [1.54, 1.807) is 0 Å². The zero-order chi connectivity index (χ0) is 14.3. The monoisotopic (exact) mass is 271 g/mol. The Hall–Kier alpha value is -0.160. The molecule has 0 spiro atoms. The van der Waals surface area contributed by atoms with Gasteiger partial charge in [-0.25, -0.2) is 0 Å². The summed E-state index contributed by atoms with van der Waals surface area (Å²) in [5.41, 5.74) is 5.64. The van der Waals surface area contributed by atoms with E-state index in [9.17, 15) is 0 Å². The van der Waals surface area contributed by atoms with Gasteiger partial charge in [0.05, 0.1) is 12.7 Å². The van der Waals surface area contributed by atoms with Crippen LogP contribution in [0, 0.1) is 5.92 Å². The minimum atomic E-state index is 0.354. The second-order valence-electron chi connectivity index (χ2n) is 6.38. The van der Waals surface area contributed by atoms with Gasteiger partial charge in [-0.15, -0.1) is 0 Å². The molecule has 0 aromatic rings. The van der Waals surface area contributed by atoms with Crippen LogP contribution in [-0.4, -0.2) is 67.8 Å². The summed E-state index contributed by atoms with van der Waals surface area (Å²) < 4.78 is 5.94. The molecule has 0 saturated carbocycles. The van der Waals surface area contributed by atoms with E-state index in [4.69, 9.17) is 10.5 Å². The normalized spacial score (nSPS) is 21.8. The molecule has 0 aromatic heterocycles. The standard InChI is InChI=1S/C15H33N3O/c1-13(2)10-17(7-5-6-16)11-15-12-18(14(3)4)8-9-19-15/h13-15H,5-12,16H2,1-4H3. The molecule has 1 aliphatic heterocycles. The van der Waals surface area contributed by atoms with Crippen molar-refractivity contribution in [3.05, 3.63) is 0 Å². The third kappa shape index (κ3) is 6.70. The Morgan fingerprint density at radius 2 is 2.05 bits per heavy atom. The lowest BCUT2D eigenvalue weighted by Crippen LogP contribution is -2.50. The van der Waals surface area contributed by atoms with Crippen molar-refractivity contribution >= 4 is 0 Å². The van der Waals surface area contributed by atoms with E-state index < -0.39 is 0 Å². The fraction of sp³-hybridized carbons (Fsp3) is 1.00. The van der Waals surface area contributed by atoms with Gasteiger partial charge in [0.2, 0.25) is 0 Å². The van der Waals surface area contributed by atoms with Crippen LogP contribution < -0.4 is 5.73 Å². The number of ether oxygens (including phenoxy) is 1. The maximum Gasteiger partial charge on any atom is 0.0829 e. The smallest absolute Gasteiger partial charge is 0.0829 e. The van der Waals surface area contributed by atoms with Crippen molar-refractivity contribution < 1.29 is 4.74 Å². The van der Waals surface area contributed by atoms with E-state index in [-0.39, 0.29) is 0 Å². The van der Waals surface area contributed by atoms with E-state index in [0.29, 0.717) is 18.1 Å². The minimum Gasteiger partial charge on any atom is -0.374 e. The number of nitrogens with two attached hydrogens (primary N) is 1. The molecule has 4 heteroatoms. The summed E-state index contributed by atoms with van der Waals surface area (Å²) in [6, 6.07) is 0.619. The van der Waals surface area contributed by atoms with Gasteiger partial charge in [-0.3, -0.25) is 4.90 Å². The summed E-state index contributed by atoms with van der Waals surface area (Å²) in [5, 5.41) is 0. The van der Waals surface area contributed by atoms with Crippen molar-refractivity contribution in [3.63, 3.8) is 0 Å². The average Bonchev–Trinajstić information content (AvgIpc) is 2.35. The third-order valence-electron chi connectivity index (χ3n) is 3.66. The highest BCUT2D eigenvalue weighted by Gasteiger charge is 2.24. The van der Waals surface area contributed by atoms with Gasteiger partial charge in [-0.1, -0.05) is 13.8 Å². The van der Waals surface area contributed by atoms with E-state index in [1.807, 2.05) is 0 Å². The lowest BCUT2D eigenvalue weighted by molar-refractivity contribution is -0.0531. The Bertz CT molecular complexity index is 233. The molecule has 4 nitrogen and oxygen atoms in total. The Labute approximate surface area is 119 Å². The molecule has 1 rings (SSSR count). The maximum absolute atomic E-state index is 5.94. The molecule has 0 radical (unpaired) electrons. The summed E-state index contributed by atoms with van der Waals surface area (Å²) in [4.78, 5) is 5.04. The van der Waals surface area contributed by atoms with Gasteiger partial charge in [0, 0.05) is 32.2 Å². The molecule has 1 aliphatic rings. The van der Waals surface area contributed by atoms with Gasteiger partial charge in [0.25, 0.3) is 0 Å². The third-order valence-corrected chi connectivity index (χ3v) is 3.66. The fourth-order valence-electron chi connectivity index (χ4n) is 2.70. The molecule has 114 valence electrons. The van der Waals surface area contributed by atoms with Gasteiger partial charge in [0.15, 0.2) is 0 Å². The molecular weight excluding hydrogens is 238 g/mol. The van der Waals surface area contributed by atoms with E-state index in [0.717, 1.165) is 52.3 Å². The molecule has 0 amide bonds. The minimum absolute atomic E-state index is 0.354. The largest absolute Gasteiger partial charge is 0.374 e. The van der Waals surface area contributed by atoms with Crippen LogP contribution in [0.4, 0.5) is 0 Å². The average molecular weight is 271 g/mol. The first-order valence-corrected chi connectivity index (χ1v) is 7.81. The second kappa shape index (κ2) is 8.90. The number of hydrogen-bond acceptors (Lipinski definition) is 4. The summed E-state index contributed by atoms with van der Waals surface area (Å²) in [5.74, 6) is 0.697. The van der Waals surface area contributed by atoms with Crippen LogP contribution in [0.5, 0.6) is 0 Å².